The van der Waals surface area contributed by atoms with Crippen LogP contribution < -0.4 is 15.5 Å². The molecule has 2 N–H and O–H groups in total. The lowest BCUT2D eigenvalue weighted by molar-refractivity contribution is -0.117. The van der Waals surface area contributed by atoms with Gasteiger partial charge in [-0.3, -0.25) is 9.59 Å². The Balaban J connectivity index is 1.77. The van der Waals surface area contributed by atoms with Gasteiger partial charge in [-0.25, -0.2) is 0 Å². The van der Waals surface area contributed by atoms with E-state index in [4.69, 9.17) is 0 Å². The van der Waals surface area contributed by atoms with Crippen LogP contribution >= 0.6 is 0 Å². The van der Waals surface area contributed by atoms with Crippen LogP contribution in [0.2, 0.25) is 0 Å². The lowest BCUT2D eigenvalue weighted by atomic mass is 9.95. The summed E-state index contributed by atoms with van der Waals surface area (Å²) in [4.78, 5) is 30.4. The van der Waals surface area contributed by atoms with Crippen LogP contribution in [0.15, 0.2) is 48.5 Å². The van der Waals surface area contributed by atoms with Gasteiger partial charge in [0, 0.05) is 31.0 Å². The Labute approximate surface area is 192 Å². The van der Waals surface area contributed by atoms with Gasteiger partial charge in [-0.15, -0.1) is 0 Å². The topological polar surface area (TPSA) is 64.7 Å². The fourth-order valence-electron chi connectivity index (χ4n) is 4.21. The molecule has 0 bridgehead atoms. The minimum atomic E-state index is -0.224. The third kappa shape index (κ3) is 6.33. The molecule has 0 aliphatic carbocycles. The van der Waals surface area contributed by atoms with Crippen molar-refractivity contribution in [2.45, 2.75) is 38.5 Å². The van der Waals surface area contributed by atoms with Gasteiger partial charge in [-0.05, 0) is 70.1 Å². The first kappa shape index (κ1) is 23.8. The van der Waals surface area contributed by atoms with Crippen LogP contribution in [0.5, 0.6) is 0 Å². The molecular formula is C26H36N4O2. The van der Waals surface area contributed by atoms with E-state index in [1.807, 2.05) is 69.6 Å². The van der Waals surface area contributed by atoms with Crippen molar-refractivity contribution in [3.8, 4) is 0 Å². The zero-order valence-corrected chi connectivity index (χ0v) is 19.6. The average Bonchev–Trinajstić information content (AvgIpc) is 3.32. The van der Waals surface area contributed by atoms with Crippen molar-refractivity contribution < 1.29 is 9.59 Å². The normalized spacial score (nSPS) is 14.4. The third-order valence-corrected chi connectivity index (χ3v) is 5.95. The maximum Gasteiger partial charge on any atom is 0.253 e. The lowest BCUT2D eigenvalue weighted by Gasteiger charge is -2.22. The van der Waals surface area contributed by atoms with E-state index in [1.54, 1.807) is 0 Å². The predicted octanol–water partition coefficient (Wildman–Crippen LogP) is 4.10. The van der Waals surface area contributed by atoms with Crippen molar-refractivity contribution in [2.24, 2.45) is 0 Å². The molecule has 2 amide bonds. The molecule has 2 aromatic rings. The smallest absolute Gasteiger partial charge is 0.253 e. The average molecular weight is 437 g/mol. The Bertz CT molecular complexity index is 892. The largest absolute Gasteiger partial charge is 0.371 e. The summed E-state index contributed by atoms with van der Waals surface area (Å²) in [7, 11) is 4.05. The maximum absolute atomic E-state index is 13.1. The van der Waals surface area contributed by atoms with Gasteiger partial charge in [0.2, 0.25) is 5.91 Å². The van der Waals surface area contributed by atoms with E-state index < -0.39 is 0 Å². The molecule has 1 fully saturated rings. The summed E-state index contributed by atoms with van der Waals surface area (Å²) >= 11 is 0. The molecule has 1 unspecified atom stereocenters. The number of anilines is 2. The fraction of sp³-hybridized carbons (Fsp3) is 0.462. The van der Waals surface area contributed by atoms with Crippen LogP contribution in [-0.2, 0) is 4.79 Å². The van der Waals surface area contributed by atoms with E-state index in [-0.39, 0.29) is 17.7 Å². The van der Waals surface area contributed by atoms with Gasteiger partial charge in [-0.2, -0.15) is 0 Å². The Morgan fingerprint density at radius 2 is 1.78 bits per heavy atom. The maximum atomic E-state index is 13.1. The summed E-state index contributed by atoms with van der Waals surface area (Å²) in [5.41, 5.74) is 3.23. The molecule has 1 heterocycles. The van der Waals surface area contributed by atoms with Gasteiger partial charge >= 0.3 is 0 Å². The Morgan fingerprint density at radius 3 is 2.44 bits per heavy atom. The van der Waals surface area contributed by atoms with Crippen LogP contribution in [0.4, 0.5) is 11.4 Å². The lowest BCUT2D eigenvalue weighted by Crippen LogP contribution is -2.30. The van der Waals surface area contributed by atoms with Crippen LogP contribution in [0, 0.1) is 0 Å². The fourth-order valence-corrected chi connectivity index (χ4v) is 4.21. The number of rotatable bonds is 10. The van der Waals surface area contributed by atoms with E-state index in [0.29, 0.717) is 24.2 Å². The molecule has 3 rings (SSSR count). The van der Waals surface area contributed by atoms with Gasteiger partial charge in [-0.1, -0.05) is 37.3 Å². The minimum Gasteiger partial charge on any atom is -0.371 e. The summed E-state index contributed by atoms with van der Waals surface area (Å²) in [6.45, 7) is 5.48. The number of carbonyl (C=O) groups excluding carboxylic acids is 2. The first-order valence-corrected chi connectivity index (χ1v) is 11.7. The second-order valence-electron chi connectivity index (χ2n) is 8.70. The van der Waals surface area contributed by atoms with Crippen molar-refractivity contribution in [3.63, 3.8) is 0 Å². The van der Waals surface area contributed by atoms with E-state index in [0.717, 1.165) is 50.1 Å². The Morgan fingerprint density at radius 1 is 1.06 bits per heavy atom. The number of amides is 2. The molecule has 1 saturated heterocycles. The van der Waals surface area contributed by atoms with Crippen LogP contribution in [-0.4, -0.2) is 57.0 Å². The summed E-state index contributed by atoms with van der Waals surface area (Å²) < 4.78 is 0. The third-order valence-electron chi connectivity index (χ3n) is 5.95. The van der Waals surface area contributed by atoms with Crippen molar-refractivity contribution in [1.29, 1.82) is 0 Å². The molecule has 6 heteroatoms. The molecule has 6 nitrogen and oxygen atoms in total. The van der Waals surface area contributed by atoms with Crippen molar-refractivity contribution >= 4 is 23.2 Å². The van der Waals surface area contributed by atoms with Gasteiger partial charge in [0.05, 0.1) is 11.5 Å². The monoisotopic (exact) mass is 436 g/mol. The molecule has 1 aliphatic heterocycles. The molecule has 1 atom stereocenters. The van der Waals surface area contributed by atoms with Gasteiger partial charge in [0.25, 0.3) is 5.91 Å². The zero-order chi connectivity index (χ0) is 22.9. The molecule has 1 aliphatic rings. The molecule has 0 spiro atoms. The highest BCUT2D eigenvalue weighted by Crippen LogP contribution is 2.29. The summed E-state index contributed by atoms with van der Waals surface area (Å²) in [6.07, 6.45) is 3.87. The molecule has 32 heavy (non-hydrogen) atoms. The van der Waals surface area contributed by atoms with Crippen molar-refractivity contribution in [3.05, 3.63) is 59.7 Å². The van der Waals surface area contributed by atoms with E-state index in [1.165, 1.54) is 0 Å². The standard InChI is InChI=1S/C26H36N4O2/c1-4-22(20-11-6-5-7-12-20)26(32)28-21-13-14-24(30-17-8-9-18-30)23(19-21)25(31)27-15-10-16-29(2)3/h5-7,11-14,19,22H,4,8-10,15-18H2,1-3H3,(H,27,31)(H,28,32). The van der Waals surface area contributed by atoms with Crippen molar-refractivity contribution in [1.82, 2.24) is 10.2 Å². The SMILES string of the molecule is CCC(C(=O)Nc1ccc(N2CCCC2)c(C(=O)NCCCN(C)C)c1)c1ccccc1. The quantitative estimate of drug-likeness (QED) is 0.551. The number of hydrogen-bond donors (Lipinski definition) is 2. The summed E-state index contributed by atoms with van der Waals surface area (Å²) in [6, 6.07) is 15.5. The highest BCUT2D eigenvalue weighted by atomic mass is 16.2. The Kier molecular flexibility index (Phi) is 8.68. The molecule has 0 radical (unpaired) electrons. The van der Waals surface area contributed by atoms with E-state index in [9.17, 15) is 9.59 Å². The highest BCUT2D eigenvalue weighted by Gasteiger charge is 2.22. The van der Waals surface area contributed by atoms with Crippen LogP contribution in [0.1, 0.15) is 54.4 Å². The minimum absolute atomic E-state index is 0.0510. The number of hydrogen-bond acceptors (Lipinski definition) is 4. The molecule has 2 aromatic carbocycles. The molecular weight excluding hydrogens is 400 g/mol. The molecule has 0 saturated carbocycles. The molecule has 0 aromatic heterocycles. The van der Waals surface area contributed by atoms with Crippen LogP contribution in [0.25, 0.3) is 0 Å². The second-order valence-corrected chi connectivity index (χ2v) is 8.70. The molecule has 172 valence electrons. The predicted molar refractivity (Wildman–Crippen MR) is 131 cm³/mol. The number of nitrogens with zero attached hydrogens (tertiary/aromatic N) is 2. The van der Waals surface area contributed by atoms with Gasteiger partial charge < -0.3 is 20.4 Å². The van der Waals surface area contributed by atoms with E-state index >= 15 is 0 Å². The first-order chi connectivity index (χ1) is 15.5. The first-order valence-electron chi connectivity index (χ1n) is 11.7. The van der Waals surface area contributed by atoms with Gasteiger partial charge in [0.15, 0.2) is 0 Å². The summed E-state index contributed by atoms with van der Waals surface area (Å²) in [5.74, 6) is -0.361. The zero-order valence-electron chi connectivity index (χ0n) is 19.6. The highest BCUT2D eigenvalue weighted by molar-refractivity contribution is 6.02. The second kappa shape index (κ2) is 11.7. The summed E-state index contributed by atoms with van der Waals surface area (Å²) in [5, 5.41) is 6.10. The number of benzene rings is 2. The van der Waals surface area contributed by atoms with Gasteiger partial charge in [0.1, 0.15) is 0 Å². The number of carbonyl (C=O) groups is 2. The number of nitrogens with one attached hydrogen (secondary N) is 2. The van der Waals surface area contributed by atoms with Crippen molar-refractivity contribution in [2.75, 3.05) is 50.5 Å². The Hall–Kier alpha value is -2.86. The van der Waals surface area contributed by atoms with Crippen LogP contribution in [0.3, 0.4) is 0 Å². The van der Waals surface area contributed by atoms with E-state index in [2.05, 4.69) is 20.4 Å².